The van der Waals surface area contributed by atoms with Gasteiger partial charge < -0.3 is 10.2 Å². The molecule has 0 aromatic heterocycles. The zero-order valence-electron chi connectivity index (χ0n) is 20.6. The van der Waals surface area contributed by atoms with Crippen LogP contribution >= 0.6 is 11.6 Å². The number of halogens is 1. The molecule has 1 aliphatic heterocycles. The molecule has 2 aromatic carbocycles. The standard InChI is InChI=1S/C27H32ClN3O4/c1-5-22(24(33)29-27(2,3)4)31(17-18-12-14-19(28)15-13-18)23(32)11-8-16-30-25(34)20-9-6-7-10-21(20)26(30)35/h6-7,9-10,12-15,22H,5,8,11,16-17H2,1-4H3,(H,29,33)/t22-/m0/s1. The van der Waals surface area contributed by atoms with Crippen molar-refractivity contribution in [1.82, 2.24) is 15.1 Å². The van der Waals surface area contributed by atoms with E-state index in [1.54, 1.807) is 41.3 Å². The summed E-state index contributed by atoms with van der Waals surface area (Å²) in [7, 11) is 0. The molecule has 7 nitrogen and oxygen atoms in total. The SMILES string of the molecule is CC[C@@H](C(=O)NC(C)(C)C)N(Cc1ccc(Cl)cc1)C(=O)CCCN1C(=O)c2ccccc2C1=O. The van der Waals surface area contributed by atoms with E-state index in [1.807, 2.05) is 39.8 Å². The summed E-state index contributed by atoms with van der Waals surface area (Å²) in [6.45, 7) is 7.94. The fourth-order valence-corrected chi connectivity index (χ4v) is 4.26. The van der Waals surface area contributed by atoms with E-state index in [2.05, 4.69) is 5.32 Å². The van der Waals surface area contributed by atoms with Crippen LogP contribution < -0.4 is 5.32 Å². The number of fused-ring (bicyclic) bond motifs is 1. The largest absolute Gasteiger partial charge is 0.350 e. The molecule has 0 saturated heterocycles. The van der Waals surface area contributed by atoms with Crippen molar-refractivity contribution in [2.24, 2.45) is 0 Å². The number of benzene rings is 2. The predicted octanol–water partition coefficient (Wildman–Crippen LogP) is 4.44. The Bertz CT molecular complexity index is 1070. The molecule has 35 heavy (non-hydrogen) atoms. The van der Waals surface area contributed by atoms with Crippen LogP contribution in [-0.2, 0) is 16.1 Å². The van der Waals surface area contributed by atoms with Gasteiger partial charge >= 0.3 is 0 Å². The van der Waals surface area contributed by atoms with Gasteiger partial charge in [-0.15, -0.1) is 0 Å². The molecule has 1 heterocycles. The predicted molar refractivity (Wildman–Crippen MR) is 135 cm³/mol. The fourth-order valence-electron chi connectivity index (χ4n) is 4.13. The van der Waals surface area contributed by atoms with Crippen molar-refractivity contribution < 1.29 is 19.2 Å². The molecule has 1 aliphatic rings. The molecule has 0 aliphatic carbocycles. The molecule has 186 valence electrons. The normalized spacial score (nSPS) is 14.0. The maximum absolute atomic E-state index is 13.4. The van der Waals surface area contributed by atoms with Crippen LogP contribution in [0.2, 0.25) is 5.02 Å². The molecule has 4 amide bonds. The first-order chi connectivity index (χ1) is 16.5. The Kier molecular flexibility index (Phi) is 8.33. The second-order valence-corrected chi connectivity index (χ2v) is 10.2. The van der Waals surface area contributed by atoms with Crippen molar-refractivity contribution in [2.45, 2.75) is 65.1 Å². The Morgan fingerprint density at radius 2 is 1.57 bits per heavy atom. The van der Waals surface area contributed by atoms with Gasteiger partial charge in [-0.1, -0.05) is 42.8 Å². The lowest BCUT2D eigenvalue weighted by molar-refractivity contribution is -0.142. The number of hydrogen-bond acceptors (Lipinski definition) is 4. The highest BCUT2D eigenvalue weighted by atomic mass is 35.5. The van der Waals surface area contributed by atoms with Gasteiger partial charge in [0.05, 0.1) is 11.1 Å². The van der Waals surface area contributed by atoms with Crippen molar-refractivity contribution in [1.29, 1.82) is 0 Å². The second-order valence-electron chi connectivity index (χ2n) is 9.72. The van der Waals surface area contributed by atoms with Crippen LogP contribution in [0.25, 0.3) is 0 Å². The number of rotatable bonds is 9. The summed E-state index contributed by atoms with van der Waals surface area (Å²) in [5.41, 5.74) is 1.19. The van der Waals surface area contributed by atoms with Gasteiger partial charge in [0.2, 0.25) is 11.8 Å². The molecule has 0 spiro atoms. The van der Waals surface area contributed by atoms with E-state index in [9.17, 15) is 19.2 Å². The minimum atomic E-state index is -0.656. The van der Waals surface area contributed by atoms with Gasteiger partial charge in [-0.25, -0.2) is 0 Å². The van der Waals surface area contributed by atoms with Gasteiger partial charge in [0.1, 0.15) is 6.04 Å². The molecule has 1 atom stereocenters. The number of hydrogen-bond donors (Lipinski definition) is 1. The number of carbonyl (C=O) groups is 4. The van der Waals surface area contributed by atoms with Crippen LogP contribution in [0.3, 0.4) is 0 Å². The Morgan fingerprint density at radius 1 is 1.00 bits per heavy atom. The van der Waals surface area contributed by atoms with Crippen molar-refractivity contribution in [3.05, 3.63) is 70.2 Å². The van der Waals surface area contributed by atoms with Crippen LogP contribution in [0.5, 0.6) is 0 Å². The number of imide groups is 1. The number of nitrogens with zero attached hydrogens (tertiary/aromatic N) is 2. The molecule has 0 saturated carbocycles. The first kappa shape index (κ1) is 26.4. The summed E-state index contributed by atoms with van der Waals surface area (Å²) in [6.07, 6.45) is 0.846. The van der Waals surface area contributed by atoms with Crippen LogP contribution in [0.15, 0.2) is 48.5 Å². The van der Waals surface area contributed by atoms with Crippen molar-refractivity contribution in [3.8, 4) is 0 Å². The summed E-state index contributed by atoms with van der Waals surface area (Å²) in [6, 6.07) is 13.2. The summed E-state index contributed by atoms with van der Waals surface area (Å²) in [4.78, 5) is 54.4. The van der Waals surface area contributed by atoms with Crippen molar-refractivity contribution in [2.75, 3.05) is 6.54 Å². The van der Waals surface area contributed by atoms with Crippen molar-refractivity contribution in [3.63, 3.8) is 0 Å². The number of nitrogens with one attached hydrogen (secondary N) is 1. The minimum absolute atomic E-state index is 0.0975. The maximum atomic E-state index is 13.4. The van der Waals surface area contributed by atoms with Gasteiger partial charge in [-0.05, 0) is 63.4 Å². The fraction of sp³-hybridized carbons (Fsp3) is 0.407. The molecular formula is C27H32ClN3O4. The number of amides is 4. The lowest BCUT2D eigenvalue weighted by atomic mass is 10.0. The van der Waals surface area contributed by atoms with Gasteiger partial charge in [0, 0.05) is 30.1 Å². The Morgan fingerprint density at radius 3 is 2.09 bits per heavy atom. The molecule has 1 N–H and O–H groups in total. The third kappa shape index (κ3) is 6.48. The third-order valence-electron chi connectivity index (χ3n) is 5.80. The van der Waals surface area contributed by atoms with Gasteiger partial charge in [0.15, 0.2) is 0 Å². The molecular weight excluding hydrogens is 466 g/mol. The summed E-state index contributed by atoms with van der Waals surface area (Å²) >= 11 is 6.01. The van der Waals surface area contributed by atoms with E-state index >= 15 is 0 Å². The minimum Gasteiger partial charge on any atom is -0.350 e. The highest BCUT2D eigenvalue weighted by Gasteiger charge is 2.35. The summed E-state index contributed by atoms with van der Waals surface area (Å²) in [5, 5.41) is 3.56. The van der Waals surface area contributed by atoms with E-state index in [4.69, 9.17) is 11.6 Å². The second kappa shape index (κ2) is 11.0. The topological polar surface area (TPSA) is 86.8 Å². The first-order valence-electron chi connectivity index (χ1n) is 11.8. The molecule has 8 heteroatoms. The first-order valence-corrected chi connectivity index (χ1v) is 12.2. The van der Waals surface area contributed by atoms with E-state index in [1.165, 1.54) is 4.90 Å². The molecule has 0 bridgehead atoms. The molecule has 0 unspecified atom stereocenters. The quantitative estimate of drug-likeness (QED) is 0.519. The zero-order valence-corrected chi connectivity index (χ0v) is 21.4. The molecule has 3 rings (SSSR count). The monoisotopic (exact) mass is 497 g/mol. The third-order valence-corrected chi connectivity index (χ3v) is 6.05. The maximum Gasteiger partial charge on any atom is 0.261 e. The zero-order chi connectivity index (χ0) is 25.8. The highest BCUT2D eigenvalue weighted by molar-refractivity contribution is 6.30. The molecule has 0 radical (unpaired) electrons. The highest BCUT2D eigenvalue weighted by Crippen LogP contribution is 2.23. The van der Waals surface area contributed by atoms with Crippen LogP contribution in [0.1, 0.15) is 73.2 Å². The Balaban J connectivity index is 1.72. The van der Waals surface area contributed by atoms with Gasteiger partial charge in [-0.2, -0.15) is 0 Å². The summed E-state index contributed by atoms with van der Waals surface area (Å²) in [5.74, 6) is -1.12. The number of carbonyl (C=O) groups excluding carboxylic acids is 4. The van der Waals surface area contributed by atoms with Gasteiger partial charge in [-0.3, -0.25) is 24.1 Å². The summed E-state index contributed by atoms with van der Waals surface area (Å²) < 4.78 is 0. The van der Waals surface area contributed by atoms with Gasteiger partial charge in [0.25, 0.3) is 11.8 Å². The Labute approximate surface area is 211 Å². The molecule has 2 aromatic rings. The average molecular weight is 498 g/mol. The molecule has 0 fully saturated rings. The van der Waals surface area contributed by atoms with Crippen LogP contribution in [0, 0.1) is 0 Å². The lowest BCUT2D eigenvalue weighted by Gasteiger charge is -2.33. The van der Waals surface area contributed by atoms with Crippen LogP contribution in [0.4, 0.5) is 0 Å². The Hall–Kier alpha value is -3.19. The van der Waals surface area contributed by atoms with Crippen molar-refractivity contribution >= 4 is 35.2 Å². The average Bonchev–Trinajstić information content (AvgIpc) is 3.04. The smallest absolute Gasteiger partial charge is 0.261 e. The lowest BCUT2D eigenvalue weighted by Crippen LogP contribution is -2.53. The van der Waals surface area contributed by atoms with E-state index in [0.717, 1.165) is 5.56 Å². The van der Waals surface area contributed by atoms with Crippen LogP contribution in [-0.4, -0.2) is 51.6 Å². The van der Waals surface area contributed by atoms with E-state index in [0.29, 0.717) is 29.0 Å². The van der Waals surface area contributed by atoms with E-state index < -0.39 is 11.6 Å². The van der Waals surface area contributed by atoms with E-state index in [-0.39, 0.29) is 43.1 Å².